The van der Waals surface area contributed by atoms with Gasteiger partial charge in [-0.3, -0.25) is 4.79 Å². The number of carboxylic acid groups (broad SMARTS) is 1. The topological polar surface area (TPSA) is 55.1 Å². The number of fused-ring (bicyclic) bond motifs is 1. The van der Waals surface area contributed by atoms with Gasteiger partial charge in [-0.1, -0.05) is 53.5 Å². The summed E-state index contributed by atoms with van der Waals surface area (Å²) in [5.41, 5.74) is 2.59. The van der Waals surface area contributed by atoms with Gasteiger partial charge in [0.1, 0.15) is 5.82 Å². The first kappa shape index (κ1) is 18.9. The van der Waals surface area contributed by atoms with Crippen molar-refractivity contribution in [2.24, 2.45) is 5.41 Å². The van der Waals surface area contributed by atoms with Crippen LogP contribution < -0.4 is 0 Å². The highest BCUT2D eigenvalue weighted by Crippen LogP contribution is 2.29. The number of aromatic nitrogens is 2. The van der Waals surface area contributed by atoms with Crippen molar-refractivity contribution in [3.05, 3.63) is 63.3 Å². The predicted molar refractivity (Wildman–Crippen MR) is 108 cm³/mol. The average molecular weight is 436 g/mol. The number of aliphatic carboxylic acids is 1. The Morgan fingerprint density at radius 2 is 1.92 bits per heavy atom. The summed E-state index contributed by atoms with van der Waals surface area (Å²) in [6.07, 6.45) is 0.664. The van der Waals surface area contributed by atoms with Crippen LogP contribution in [0.15, 0.2) is 46.9 Å². The molecule has 1 N–H and O–H groups in total. The minimum atomic E-state index is -0.798. The van der Waals surface area contributed by atoms with Gasteiger partial charge in [0.25, 0.3) is 0 Å². The predicted octanol–water partition coefficient (Wildman–Crippen LogP) is 5.54. The molecule has 0 aliphatic carbocycles. The van der Waals surface area contributed by atoms with E-state index in [0.717, 1.165) is 26.9 Å². The zero-order valence-corrected chi connectivity index (χ0v) is 17.0. The lowest BCUT2D eigenvalue weighted by atomic mass is 9.85. The van der Waals surface area contributed by atoms with E-state index in [1.165, 1.54) is 0 Å². The second kappa shape index (κ2) is 7.41. The number of nitrogens with zero attached hydrogens (tertiary/aromatic N) is 2. The van der Waals surface area contributed by atoms with E-state index in [-0.39, 0.29) is 6.42 Å². The van der Waals surface area contributed by atoms with Crippen molar-refractivity contribution in [1.82, 2.24) is 9.55 Å². The van der Waals surface area contributed by atoms with Crippen molar-refractivity contribution in [1.29, 1.82) is 0 Å². The third-order valence-corrected chi connectivity index (χ3v) is 5.07. The van der Waals surface area contributed by atoms with E-state index in [2.05, 4.69) is 32.6 Å². The molecular formula is C20H20BrClN2O2. The zero-order valence-electron chi connectivity index (χ0n) is 14.7. The molecule has 0 radical (unpaired) electrons. The van der Waals surface area contributed by atoms with Gasteiger partial charge in [-0.25, -0.2) is 4.98 Å². The summed E-state index contributed by atoms with van der Waals surface area (Å²) in [5.74, 6) is 0.0741. The Morgan fingerprint density at radius 1 is 1.23 bits per heavy atom. The van der Waals surface area contributed by atoms with Crippen molar-refractivity contribution < 1.29 is 9.90 Å². The van der Waals surface area contributed by atoms with Crippen LogP contribution in [-0.2, 0) is 17.8 Å². The fraction of sp³-hybridized carbons (Fsp3) is 0.300. The number of halogens is 2. The summed E-state index contributed by atoms with van der Waals surface area (Å²) in [4.78, 5) is 15.9. The van der Waals surface area contributed by atoms with E-state index in [4.69, 9.17) is 16.6 Å². The quantitative estimate of drug-likeness (QED) is 0.553. The van der Waals surface area contributed by atoms with Gasteiger partial charge in [0.15, 0.2) is 0 Å². The summed E-state index contributed by atoms with van der Waals surface area (Å²) >= 11 is 9.59. The molecule has 136 valence electrons. The molecule has 0 unspecified atom stereocenters. The first-order valence-electron chi connectivity index (χ1n) is 8.34. The van der Waals surface area contributed by atoms with E-state index in [1.54, 1.807) is 0 Å². The normalized spacial score (nSPS) is 11.8. The number of hydrogen-bond acceptors (Lipinski definition) is 2. The highest BCUT2D eigenvalue weighted by molar-refractivity contribution is 9.10. The Bertz CT molecular complexity index is 948. The lowest BCUT2D eigenvalue weighted by Crippen LogP contribution is -2.22. The van der Waals surface area contributed by atoms with Gasteiger partial charge in [0.05, 0.1) is 17.5 Å². The second-order valence-corrected chi connectivity index (χ2v) is 8.64. The zero-order chi connectivity index (χ0) is 18.9. The Labute approximate surface area is 165 Å². The number of hydrogen-bond donors (Lipinski definition) is 1. The smallest absolute Gasteiger partial charge is 0.303 e. The van der Waals surface area contributed by atoms with Crippen LogP contribution in [0.3, 0.4) is 0 Å². The molecule has 0 spiro atoms. The van der Waals surface area contributed by atoms with Crippen LogP contribution in [-0.4, -0.2) is 20.6 Å². The van der Waals surface area contributed by atoms with Crippen LogP contribution in [0.25, 0.3) is 11.0 Å². The molecule has 0 bridgehead atoms. The molecule has 1 aromatic heterocycles. The molecule has 0 fully saturated rings. The standard InChI is InChI=1S/C20H20BrClN2O2/c1-20(2,11-19(25)26)10-18-23-16-9-15(22)7-8-17(16)24(18)12-13-3-5-14(21)6-4-13/h3-9H,10-12H2,1-2H3,(H,25,26). The molecule has 1 heterocycles. The third kappa shape index (κ3) is 4.46. The minimum absolute atomic E-state index is 0.0925. The third-order valence-electron chi connectivity index (χ3n) is 4.31. The molecule has 6 heteroatoms. The summed E-state index contributed by atoms with van der Waals surface area (Å²) in [7, 11) is 0. The largest absolute Gasteiger partial charge is 0.481 e. The maximum Gasteiger partial charge on any atom is 0.303 e. The number of carboxylic acids is 1. The van der Waals surface area contributed by atoms with Crippen LogP contribution >= 0.6 is 27.5 Å². The minimum Gasteiger partial charge on any atom is -0.481 e. The van der Waals surface area contributed by atoms with Crippen molar-refractivity contribution in [3.8, 4) is 0 Å². The highest BCUT2D eigenvalue weighted by atomic mass is 79.9. The molecule has 3 aromatic rings. The molecule has 0 saturated heterocycles. The Morgan fingerprint density at radius 3 is 2.58 bits per heavy atom. The Balaban J connectivity index is 2.03. The molecule has 0 aliphatic rings. The van der Waals surface area contributed by atoms with Gasteiger partial charge in [-0.15, -0.1) is 0 Å². The molecule has 0 aliphatic heterocycles. The van der Waals surface area contributed by atoms with Gasteiger partial charge in [0.2, 0.25) is 0 Å². The van der Waals surface area contributed by atoms with E-state index in [1.807, 2.05) is 44.2 Å². The maximum atomic E-state index is 11.2. The van der Waals surface area contributed by atoms with E-state index in [0.29, 0.717) is 18.0 Å². The number of rotatable bonds is 6. The van der Waals surface area contributed by atoms with Gasteiger partial charge >= 0.3 is 5.97 Å². The van der Waals surface area contributed by atoms with Crippen LogP contribution in [0, 0.1) is 5.41 Å². The number of benzene rings is 2. The fourth-order valence-corrected chi connectivity index (χ4v) is 3.57. The summed E-state index contributed by atoms with van der Waals surface area (Å²) < 4.78 is 3.18. The van der Waals surface area contributed by atoms with Gasteiger partial charge in [-0.05, 0) is 41.3 Å². The van der Waals surface area contributed by atoms with Crippen LogP contribution in [0.4, 0.5) is 0 Å². The first-order valence-corrected chi connectivity index (χ1v) is 9.51. The molecular weight excluding hydrogens is 416 g/mol. The molecule has 3 rings (SSSR count). The Hall–Kier alpha value is -1.85. The first-order chi connectivity index (χ1) is 12.2. The molecule has 0 atom stereocenters. The molecule has 0 amide bonds. The highest BCUT2D eigenvalue weighted by Gasteiger charge is 2.25. The van der Waals surface area contributed by atoms with E-state index >= 15 is 0 Å². The fourth-order valence-electron chi connectivity index (χ4n) is 3.14. The second-order valence-electron chi connectivity index (χ2n) is 7.29. The molecule has 0 saturated carbocycles. The lowest BCUT2D eigenvalue weighted by molar-refractivity contribution is -0.139. The summed E-state index contributed by atoms with van der Waals surface area (Å²) in [5, 5.41) is 9.83. The van der Waals surface area contributed by atoms with E-state index in [9.17, 15) is 9.90 Å². The summed E-state index contributed by atoms with van der Waals surface area (Å²) in [6.45, 7) is 4.58. The van der Waals surface area contributed by atoms with Crippen molar-refractivity contribution in [2.75, 3.05) is 0 Å². The van der Waals surface area contributed by atoms with E-state index < -0.39 is 11.4 Å². The number of carbonyl (C=O) groups is 1. The van der Waals surface area contributed by atoms with Crippen LogP contribution in [0.1, 0.15) is 31.7 Å². The molecule has 4 nitrogen and oxygen atoms in total. The SMILES string of the molecule is CC(C)(CC(=O)O)Cc1nc2cc(Cl)ccc2n1Cc1ccc(Br)cc1. The van der Waals surface area contributed by atoms with Crippen molar-refractivity contribution in [3.63, 3.8) is 0 Å². The van der Waals surface area contributed by atoms with Gasteiger partial charge < -0.3 is 9.67 Å². The Kier molecular flexibility index (Phi) is 5.39. The molecule has 26 heavy (non-hydrogen) atoms. The lowest BCUT2D eigenvalue weighted by Gasteiger charge is -2.22. The average Bonchev–Trinajstić information content (AvgIpc) is 2.84. The summed E-state index contributed by atoms with van der Waals surface area (Å²) in [6, 6.07) is 13.8. The van der Waals surface area contributed by atoms with Crippen LogP contribution in [0.5, 0.6) is 0 Å². The molecule has 2 aromatic carbocycles. The van der Waals surface area contributed by atoms with Gasteiger partial charge in [-0.2, -0.15) is 0 Å². The van der Waals surface area contributed by atoms with Crippen molar-refractivity contribution >= 4 is 44.5 Å². The monoisotopic (exact) mass is 434 g/mol. The maximum absolute atomic E-state index is 11.2. The van der Waals surface area contributed by atoms with Crippen molar-refractivity contribution in [2.45, 2.75) is 33.2 Å². The van der Waals surface area contributed by atoms with Gasteiger partial charge in [0, 0.05) is 22.5 Å². The number of imidazole rings is 1. The van der Waals surface area contributed by atoms with Crippen LogP contribution in [0.2, 0.25) is 5.02 Å².